The van der Waals surface area contributed by atoms with Crippen LogP contribution in [0.4, 0.5) is 5.82 Å². The van der Waals surface area contributed by atoms with Crippen molar-refractivity contribution in [2.24, 2.45) is 11.8 Å². The van der Waals surface area contributed by atoms with Crippen molar-refractivity contribution in [2.75, 3.05) is 11.9 Å². The molecule has 0 spiro atoms. The lowest BCUT2D eigenvalue weighted by Gasteiger charge is -2.21. The van der Waals surface area contributed by atoms with E-state index in [0.717, 1.165) is 18.4 Å². The van der Waals surface area contributed by atoms with Gasteiger partial charge < -0.3 is 5.32 Å². The summed E-state index contributed by atoms with van der Waals surface area (Å²) >= 11 is 0. The van der Waals surface area contributed by atoms with E-state index in [2.05, 4.69) is 40.2 Å². The van der Waals surface area contributed by atoms with Gasteiger partial charge in [0.2, 0.25) is 0 Å². The molecular weight excluding hydrogens is 222 g/mol. The molecule has 3 heteroatoms. The van der Waals surface area contributed by atoms with Crippen LogP contribution in [-0.2, 0) is 0 Å². The van der Waals surface area contributed by atoms with Crippen LogP contribution in [0.5, 0.6) is 0 Å². The zero-order valence-corrected chi connectivity index (χ0v) is 11.2. The Morgan fingerprint density at radius 2 is 2.28 bits per heavy atom. The van der Waals surface area contributed by atoms with Crippen LogP contribution in [0.2, 0.25) is 0 Å². The summed E-state index contributed by atoms with van der Waals surface area (Å²) in [6.45, 7) is 3.37. The van der Waals surface area contributed by atoms with E-state index in [0.29, 0.717) is 6.04 Å². The minimum atomic E-state index is 0.550. The molecule has 18 heavy (non-hydrogen) atoms. The first-order valence-electron chi connectivity index (χ1n) is 7.27. The highest BCUT2D eigenvalue weighted by Gasteiger charge is 2.30. The highest BCUT2D eigenvalue weighted by atomic mass is 15.3. The van der Waals surface area contributed by atoms with Gasteiger partial charge in [0.15, 0.2) is 0 Å². The second-order valence-corrected chi connectivity index (χ2v) is 5.77. The van der Waals surface area contributed by atoms with Crippen LogP contribution in [0.25, 0.3) is 0 Å². The van der Waals surface area contributed by atoms with Gasteiger partial charge in [0.1, 0.15) is 5.82 Å². The second kappa shape index (κ2) is 5.17. The van der Waals surface area contributed by atoms with E-state index < -0.39 is 0 Å². The predicted molar refractivity (Wildman–Crippen MR) is 74.6 cm³/mol. The zero-order chi connectivity index (χ0) is 12.4. The standard InChI is InChI=1S/C15H23N3/c1-12(14-7-8-14)18-15(9-10-17-18)16-11-13-5-3-2-4-6-13/h2-3,9-10,12-14,16H,4-8,11H2,1H3/t12-,13+/m1/s1. The van der Waals surface area contributed by atoms with E-state index in [1.807, 2.05) is 6.20 Å². The molecule has 1 N–H and O–H groups in total. The Balaban J connectivity index is 1.58. The van der Waals surface area contributed by atoms with Crippen LogP contribution in [0.15, 0.2) is 24.4 Å². The summed E-state index contributed by atoms with van der Waals surface area (Å²) in [7, 11) is 0. The third-order valence-electron chi connectivity index (χ3n) is 4.31. The van der Waals surface area contributed by atoms with Crippen molar-refractivity contribution >= 4 is 5.82 Å². The third kappa shape index (κ3) is 2.60. The van der Waals surface area contributed by atoms with Crippen LogP contribution in [0.3, 0.4) is 0 Å². The summed E-state index contributed by atoms with van der Waals surface area (Å²) < 4.78 is 2.18. The second-order valence-electron chi connectivity index (χ2n) is 5.77. The molecule has 1 aromatic rings. The maximum absolute atomic E-state index is 4.48. The first-order valence-corrected chi connectivity index (χ1v) is 7.27. The van der Waals surface area contributed by atoms with Crippen molar-refractivity contribution < 1.29 is 0 Å². The lowest BCUT2D eigenvalue weighted by atomic mass is 9.94. The maximum Gasteiger partial charge on any atom is 0.124 e. The molecule has 0 aromatic carbocycles. The molecule has 0 radical (unpaired) electrons. The van der Waals surface area contributed by atoms with Crippen LogP contribution in [0.1, 0.15) is 45.1 Å². The van der Waals surface area contributed by atoms with Gasteiger partial charge in [-0.15, -0.1) is 0 Å². The minimum absolute atomic E-state index is 0.550. The smallest absolute Gasteiger partial charge is 0.124 e. The lowest BCUT2D eigenvalue weighted by Crippen LogP contribution is -2.19. The maximum atomic E-state index is 4.48. The molecule has 1 saturated carbocycles. The zero-order valence-electron chi connectivity index (χ0n) is 11.2. The summed E-state index contributed by atoms with van der Waals surface area (Å²) in [6, 6.07) is 2.66. The number of hydrogen-bond donors (Lipinski definition) is 1. The molecule has 2 atom stereocenters. The molecule has 3 rings (SSSR count). The fourth-order valence-corrected chi connectivity index (χ4v) is 2.85. The molecule has 0 unspecified atom stereocenters. The molecule has 3 nitrogen and oxygen atoms in total. The fraction of sp³-hybridized carbons (Fsp3) is 0.667. The number of nitrogens with one attached hydrogen (secondary N) is 1. The Labute approximate surface area is 109 Å². The molecule has 0 saturated heterocycles. The van der Waals surface area contributed by atoms with Crippen LogP contribution < -0.4 is 5.32 Å². The Morgan fingerprint density at radius 3 is 3.00 bits per heavy atom. The topological polar surface area (TPSA) is 29.9 Å². The van der Waals surface area contributed by atoms with Gasteiger partial charge in [-0.2, -0.15) is 5.10 Å². The average molecular weight is 245 g/mol. The van der Waals surface area contributed by atoms with Crippen molar-refractivity contribution in [2.45, 2.75) is 45.1 Å². The fourth-order valence-electron chi connectivity index (χ4n) is 2.85. The van der Waals surface area contributed by atoms with E-state index in [9.17, 15) is 0 Å². The normalized spacial score (nSPS) is 25.1. The minimum Gasteiger partial charge on any atom is -0.370 e. The SMILES string of the molecule is C[C@H](C1CC1)n1nccc1NC[C@H]1CC=CCC1. The molecular formula is C15H23N3. The van der Waals surface area contributed by atoms with Gasteiger partial charge in [0, 0.05) is 12.6 Å². The molecule has 0 bridgehead atoms. The van der Waals surface area contributed by atoms with Gasteiger partial charge in [0.05, 0.1) is 12.2 Å². The lowest BCUT2D eigenvalue weighted by molar-refractivity contribution is 0.440. The van der Waals surface area contributed by atoms with Crippen molar-refractivity contribution in [1.29, 1.82) is 0 Å². The molecule has 98 valence electrons. The van der Waals surface area contributed by atoms with Crippen LogP contribution >= 0.6 is 0 Å². The van der Waals surface area contributed by atoms with Crippen molar-refractivity contribution in [3.8, 4) is 0 Å². The summed E-state index contributed by atoms with van der Waals surface area (Å²) in [5, 5.41) is 8.07. The van der Waals surface area contributed by atoms with Gasteiger partial charge in [-0.25, -0.2) is 4.68 Å². The Kier molecular flexibility index (Phi) is 3.39. The Morgan fingerprint density at radius 1 is 1.39 bits per heavy atom. The van der Waals surface area contributed by atoms with Gasteiger partial charge >= 0.3 is 0 Å². The van der Waals surface area contributed by atoms with E-state index >= 15 is 0 Å². The molecule has 1 heterocycles. The highest BCUT2D eigenvalue weighted by molar-refractivity contribution is 5.34. The number of rotatable bonds is 5. The quantitative estimate of drug-likeness (QED) is 0.803. The summed E-state index contributed by atoms with van der Waals surface area (Å²) in [6.07, 6.45) is 13.1. The van der Waals surface area contributed by atoms with E-state index in [-0.39, 0.29) is 0 Å². The van der Waals surface area contributed by atoms with Crippen molar-refractivity contribution in [3.05, 3.63) is 24.4 Å². The van der Waals surface area contributed by atoms with E-state index in [1.54, 1.807) is 0 Å². The molecule has 1 fully saturated rings. The highest BCUT2D eigenvalue weighted by Crippen LogP contribution is 2.40. The first-order chi connectivity index (χ1) is 8.84. The van der Waals surface area contributed by atoms with Crippen LogP contribution in [-0.4, -0.2) is 16.3 Å². The molecule has 0 aliphatic heterocycles. The van der Waals surface area contributed by atoms with Crippen LogP contribution in [0, 0.1) is 11.8 Å². The molecule has 2 aliphatic rings. The number of allylic oxidation sites excluding steroid dienone is 2. The number of hydrogen-bond acceptors (Lipinski definition) is 2. The summed E-state index contributed by atoms with van der Waals surface area (Å²) in [5.74, 6) is 2.83. The number of anilines is 1. The van der Waals surface area contributed by atoms with E-state index in [4.69, 9.17) is 0 Å². The largest absolute Gasteiger partial charge is 0.370 e. The number of aromatic nitrogens is 2. The summed E-state index contributed by atoms with van der Waals surface area (Å²) in [4.78, 5) is 0. The molecule has 2 aliphatic carbocycles. The first kappa shape index (κ1) is 11.8. The Bertz CT molecular complexity index is 417. The van der Waals surface area contributed by atoms with Crippen molar-refractivity contribution in [3.63, 3.8) is 0 Å². The van der Waals surface area contributed by atoms with E-state index in [1.165, 1.54) is 37.9 Å². The predicted octanol–water partition coefficient (Wildman–Crippen LogP) is 3.62. The average Bonchev–Trinajstić information content (AvgIpc) is 3.15. The number of nitrogens with zero attached hydrogens (tertiary/aromatic N) is 2. The monoisotopic (exact) mass is 245 g/mol. The van der Waals surface area contributed by atoms with Gasteiger partial charge in [0.25, 0.3) is 0 Å². The van der Waals surface area contributed by atoms with Gasteiger partial charge in [-0.05, 0) is 50.9 Å². The molecule has 0 amide bonds. The summed E-state index contributed by atoms with van der Waals surface area (Å²) in [5.41, 5.74) is 0. The third-order valence-corrected chi connectivity index (χ3v) is 4.31. The Hall–Kier alpha value is -1.25. The van der Waals surface area contributed by atoms with Gasteiger partial charge in [-0.1, -0.05) is 12.2 Å². The van der Waals surface area contributed by atoms with Gasteiger partial charge in [-0.3, -0.25) is 0 Å². The molecule has 1 aromatic heterocycles. The van der Waals surface area contributed by atoms with Crippen molar-refractivity contribution in [1.82, 2.24) is 9.78 Å².